The van der Waals surface area contributed by atoms with Gasteiger partial charge in [-0.2, -0.15) is 10.2 Å². The number of carbonyl (C=O) groups excluding carboxylic acids is 1. The quantitative estimate of drug-likeness (QED) is 0.809. The van der Waals surface area contributed by atoms with E-state index in [0.717, 1.165) is 63.4 Å². The van der Waals surface area contributed by atoms with Crippen LogP contribution in [0.2, 0.25) is 0 Å². The van der Waals surface area contributed by atoms with Gasteiger partial charge in [0.1, 0.15) is 6.54 Å². The molecule has 28 heavy (non-hydrogen) atoms. The summed E-state index contributed by atoms with van der Waals surface area (Å²) < 4.78 is 9.49. The fraction of sp³-hybridized carbons (Fsp3) is 0.650. The van der Waals surface area contributed by atoms with Crippen molar-refractivity contribution in [3.63, 3.8) is 0 Å². The van der Waals surface area contributed by atoms with Gasteiger partial charge in [0.15, 0.2) is 0 Å². The van der Waals surface area contributed by atoms with Gasteiger partial charge in [-0.25, -0.2) is 0 Å². The predicted molar refractivity (Wildman–Crippen MR) is 105 cm³/mol. The number of aromatic nitrogens is 4. The molecule has 2 aromatic rings. The van der Waals surface area contributed by atoms with Crippen molar-refractivity contribution < 1.29 is 9.53 Å². The Morgan fingerprint density at radius 2 is 2.14 bits per heavy atom. The second-order valence-electron chi connectivity index (χ2n) is 7.76. The van der Waals surface area contributed by atoms with Crippen molar-refractivity contribution in [2.75, 3.05) is 19.7 Å². The highest BCUT2D eigenvalue weighted by molar-refractivity contribution is 5.75. The van der Waals surface area contributed by atoms with E-state index >= 15 is 0 Å². The molecule has 0 atom stereocenters. The smallest absolute Gasteiger partial charge is 0.241 e. The van der Waals surface area contributed by atoms with Crippen LogP contribution < -0.4 is 5.32 Å². The minimum atomic E-state index is 0.0365. The van der Waals surface area contributed by atoms with Crippen LogP contribution in [0, 0.1) is 6.92 Å². The second kappa shape index (κ2) is 8.45. The topological polar surface area (TPSA) is 77.2 Å². The van der Waals surface area contributed by atoms with Crippen molar-refractivity contribution in [1.82, 2.24) is 29.8 Å². The Kier molecular flexibility index (Phi) is 5.77. The molecule has 8 heteroatoms. The SMILES string of the molecule is CCn1nc(CN2CCC(NC(=O)Cn3ccc(C)n3)CC2)c2c1CCOC2. The van der Waals surface area contributed by atoms with E-state index < -0.39 is 0 Å². The maximum absolute atomic E-state index is 12.2. The number of hydrogen-bond acceptors (Lipinski definition) is 5. The molecule has 0 spiro atoms. The molecule has 0 bridgehead atoms. The minimum Gasteiger partial charge on any atom is -0.376 e. The molecule has 2 aliphatic rings. The molecule has 0 aromatic carbocycles. The maximum Gasteiger partial charge on any atom is 0.241 e. The van der Waals surface area contributed by atoms with Crippen LogP contribution in [0.5, 0.6) is 0 Å². The van der Waals surface area contributed by atoms with Gasteiger partial charge in [0.25, 0.3) is 0 Å². The lowest BCUT2D eigenvalue weighted by Crippen LogP contribution is -2.45. The number of piperidine rings is 1. The van der Waals surface area contributed by atoms with E-state index in [0.29, 0.717) is 6.61 Å². The summed E-state index contributed by atoms with van der Waals surface area (Å²) in [4.78, 5) is 14.7. The van der Waals surface area contributed by atoms with Crippen LogP contribution in [0.1, 0.15) is 42.4 Å². The standard InChI is InChI=1S/C20H30N6O2/c1-3-26-19-7-11-28-14-17(19)18(23-26)12-24-8-5-16(6-9-24)21-20(27)13-25-10-4-15(2)22-25/h4,10,16H,3,5-9,11-14H2,1-2H3,(H,21,27). The van der Waals surface area contributed by atoms with Crippen LogP contribution in [-0.4, -0.2) is 56.1 Å². The summed E-state index contributed by atoms with van der Waals surface area (Å²) in [5, 5.41) is 12.3. The first-order valence-corrected chi connectivity index (χ1v) is 10.3. The molecule has 4 heterocycles. The van der Waals surface area contributed by atoms with Crippen LogP contribution in [0.15, 0.2) is 12.3 Å². The van der Waals surface area contributed by atoms with E-state index in [2.05, 4.69) is 26.9 Å². The Labute approximate surface area is 165 Å². The molecular weight excluding hydrogens is 356 g/mol. The zero-order valence-electron chi connectivity index (χ0n) is 16.9. The third-order valence-electron chi connectivity index (χ3n) is 5.68. The Balaban J connectivity index is 1.28. The van der Waals surface area contributed by atoms with Crippen molar-refractivity contribution in [3.8, 4) is 0 Å². The Hall–Kier alpha value is -2.19. The van der Waals surface area contributed by atoms with E-state index in [1.165, 1.54) is 11.3 Å². The first kappa shape index (κ1) is 19.1. The average Bonchev–Trinajstić information content (AvgIpc) is 3.26. The fourth-order valence-electron chi connectivity index (χ4n) is 4.19. The molecule has 1 fully saturated rings. The average molecular weight is 387 g/mol. The molecule has 1 saturated heterocycles. The molecule has 8 nitrogen and oxygen atoms in total. The molecule has 1 amide bonds. The van der Waals surface area contributed by atoms with Crippen LogP contribution in [0.3, 0.4) is 0 Å². The number of aryl methyl sites for hydroxylation is 2. The lowest BCUT2D eigenvalue weighted by molar-refractivity contribution is -0.122. The molecule has 1 N–H and O–H groups in total. The molecule has 4 rings (SSSR count). The van der Waals surface area contributed by atoms with Crippen LogP contribution >= 0.6 is 0 Å². The van der Waals surface area contributed by atoms with Crippen LogP contribution in [0.25, 0.3) is 0 Å². The zero-order chi connectivity index (χ0) is 19.5. The van der Waals surface area contributed by atoms with Gasteiger partial charge < -0.3 is 10.1 Å². The Morgan fingerprint density at radius 1 is 1.32 bits per heavy atom. The third kappa shape index (κ3) is 4.28. The van der Waals surface area contributed by atoms with E-state index in [1.54, 1.807) is 4.68 Å². The van der Waals surface area contributed by atoms with Crippen molar-refractivity contribution in [3.05, 3.63) is 34.9 Å². The zero-order valence-corrected chi connectivity index (χ0v) is 16.9. The van der Waals surface area contributed by atoms with Gasteiger partial charge in [-0.05, 0) is 32.8 Å². The summed E-state index contributed by atoms with van der Waals surface area (Å²) in [6.45, 7) is 9.56. The third-order valence-corrected chi connectivity index (χ3v) is 5.68. The summed E-state index contributed by atoms with van der Waals surface area (Å²) in [6, 6.07) is 2.15. The van der Waals surface area contributed by atoms with Gasteiger partial charge >= 0.3 is 0 Å². The summed E-state index contributed by atoms with van der Waals surface area (Å²) in [5.74, 6) is 0.0365. The molecular formula is C20H30N6O2. The minimum absolute atomic E-state index is 0.0365. The van der Waals surface area contributed by atoms with Crippen LogP contribution in [-0.2, 0) is 42.2 Å². The molecule has 152 valence electrons. The lowest BCUT2D eigenvalue weighted by atomic mass is 10.0. The Morgan fingerprint density at radius 3 is 2.86 bits per heavy atom. The largest absolute Gasteiger partial charge is 0.376 e. The number of nitrogens with one attached hydrogen (secondary N) is 1. The van der Waals surface area contributed by atoms with Gasteiger partial charge in [0.05, 0.1) is 24.6 Å². The van der Waals surface area contributed by atoms with E-state index in [-0.39, 0.29) is 18.5 Å². The van der Waals surface area contributed by atoms with E-state index in [1.807, 2.05) is 19.2 Å². The normalized spacial score (nSPS) is 18.2. The second-order valence-corrected chi connectivity index (χ2v) is 7.76. The number of carbonyl (C=O) groups is 1. The highest BCUT2D eigenvalue weighted by atomic mass is 16.5. The lowest BCUT2D eigenvalue weighted by Gasteiger charge is -2.32. The predicted octanol–water partition coefficient (Wildman–Crippen LogP) is 1.26. The molecule has 0 aliphatic carbocycles. The van der Waals surface area contributed by atoms with Crippen LogP contribution in [0.4, 0.5) is 0 Å². The number of nitrogens with zero attached hydrogens (tertiary/aromatic N) is 5. The number of fused-ring (bicyclic) bond motifs is 1. The molecule has 0 unspecified atom stereocenters. The van der Waals surface area contributed by atoms with E-state index in [9.17, 15) is 4.79 Å². The number of hydrogen-bond donors (Lipinski definition) is 1. The maximum atomic E-state index is 12.2. The molecule has 2 aliphatic heterocycles. The van der Waals surface area contributed by atoms with Gasteiger partial charge in [-0.3, -0.25) is 19.1 Å². The summed E-state index contributed by atoms with van der Waals surface area (Å²) in [7, 11) is 0. The molecule has 0 radical (unpaired) electrons. The van der Waals surface area contributed by atoms with Crippen molar-refractivity contribution in [2.45, 2.75) is 65.4 Å². The molecule has 2 aromatic heterocycles. The monoisotopic (exact) mass is 386 g/mol. The molecule has 0 saturated carbocycles. The summed E-state index contributed by atoms with van der Waals surface area (Å²) >= 11 is 0. The van der Waals surface area contributed by atoms with Gasteiger partial charge in [-0.1, -0.05) is 0 Å². The number of likely N-dealkylation sites (tertiary alicyclic amines) is 1. The fourth-order valence-corrected chi connectivity index (χ4v) is 4.19. The van der Waals surface area contributed by atoms with Gasteiger partial charge in [0, 0.05) is 56.1 Å². The highest BCUT2D eigenvalue weighted by Gasteiger charge is 2.25. The van der Waals surface area contributed by atoms with Crippen molar-refractivity contribution >= 4 is 5.91 Å². The highest BCUT2D eigenvalue weighted by Crippen LogP contribution is 2.23. The summed E-state index contributed by atoms with van der Waals surface area (Å²) in [5.41, 5.74) is 4.73. The summed E-state index contributed by atoms with van der Waals surface area (Å²) in [6.07, 6.45) is 4.74. The van der Waals surface area contributed by atoms with Gasteiger partial charge in [0.2, 0.25) is 5.91 Å². The Bertz CT molecular complexity index is 819. The van der Waals surface area contributed by atoms with E-state index in [4.69, 9.17) is 9.84 Å². The first-order valence-electron chi connectivity index (χ1n) is 10.3. The number of ether oxygens (including phenoxy) is 1. The number of rotatable bonds is 6. The van der Waals surface area contributed by atoms with Gasteiger partial charge in [-0.15, -0.1) is 0 Å². The van der Waals surface area contributed by atoms with Crippen molar-refractivity contribution in [2.24, 2.45) is 0 Å². The first-order chi connectivity index (χ1) is 13.6. The number of amides is 1. The van der Waals surface area contributed by atoms with Crippen molar-refractivity contribution in [1.29, 1.82) is 0 Å².